The lowest BCUT2D eigenvalue weighted by Crippen LogP contribution is -2.42. The number of nitrogens with zero attached hydrogens (tertiary/aromatic N) is 1. The van der Waals surface area contributed by atoms with E-state index in [0.29, 0.717) is 12.8 Å². The molecule has 0 bridgehead atoms. The van der Waals surface area contributed by atoms with Crippen LogP contribution < -0.4 is 5.32 Å². The topological polar surface area (TPSA) is 119 Å². The number of carboxylic acid groups (broad SMARTS) is 1. The minimum absolute atomic E-state index is 0.0483. The molecule has 4 N–H and O–H groups in total. The first-order chi connectivity index (χ1) is 10.5. The van der Waals surface area contributed by atoms with Crippen LogP contribution in [0.15, 0.2) is 30.3 Å². The van der Waals surface area contributed by atoms with Crippen LogP contribution in [-0.4, -0.2) is 45.4 Å². The first-order valence-electron chi connectivity index (χ1n) is 6.86. The number of aliphatic carboxylic acids is 1. The highest BCUT2D eigenvalue weighted by Crippen LogP contribution is 2.04. The molecule has 8 nitrogen and oxygen atoms in total. The van der Waals surface area contributed by atoms with Gasteiger partial charge in [-0.1, -0.05) is 30.3 Å². The molecule has 0 saturated heterocycles. The first kappa shape index (κ1) is 18.1. The Morgan fingerprint density at radius 1 is 1.18 bits per heavy atom. The van der Waals surface area contributed by atoms with Crippen molar-refractivity contribution in [3.05, 3.63) is 35.9 Å². The van der Waals surface area contributed by atoms with Gasteiger partial charge >= 0.3 is 5.97 Å². The molecule has 1 amide bonds. The van der Waals surface area contributed by atoms with Crippen molar-refractivity contribution in [3.8, 4) is 0 Å². The van der Waals surface area contributed by atoms with Crippen molar-refractivity contribution in [2.45, 2.75) is 31.7 Å². The van der Waals surface area contributed by atoms with Crippen LogP contribution in [0.5, 0.6) is 0 Å². The summed E-state index contributed by atoms with van der Waals surface area (Å²) in [6.07, 6.45) is 1.23. The number of carbonyl (C=O) groups excluding carboxylic acids is 1. The minimum atomic E-state index is -1.09. The van der Waals surface area contributed by atoms with Gasteiger partial charge < -0.3 is 10.4 Å². The predicted molar refractivity (Wildman–Crippen MR) is 74.9 cm³/mol. The Kier molecular flexibility index (Phi) is 8.08. The summed E-state index contributed by atoms with van der Waals surface area (Å²) >= 11 is 0. The molecular weight excluding hydrogens is 292 g/mol. The summed E-state index contributed by atoms with van der Waals surface area (Å²) in [5.41, 5.74) is 0.828. The number of hydrogen-bond donors (Lipinski definition) is 4. The molecule has 0 fully saturated rings. The number of carbonyl (C=O) groups is 2. The monoisotopic (exact) mass is 312 g/mol. The van der Waals surface area contributed by atoms with Gasteiger partial charge in [0, 0.05) is 12.8 Å². The zero-order valence-electron chi connectivity index (χ0n) is 12.0. The van der Waals surface area contributed by atoms with Gasteiger partial charge in [-0.05, 0) is 18.4 Å². The Bertz CT molecular complexity index is 466. The quantitative estimate of drug-likeness (QED) is 0.375. The molecule has 1 unspecified atom stereocenters. The van der Waals surface area contributed by atoms with Crippen molar-refractivity contribution in [1.82, 2.24) is 10.7 Å². The van der Waals surface area contributed by atoms with E-state index in [0.717, 1.165) is 5.56 Å². The number of unbranched alkanes of at least 4 members (excludes halogenated alkanes) is 1. The fourth-order valence-electron chi connectivity index (χ4n) is 1.85. The zero-order valence-corrected chi connectivity index (χ0v) is 12.0. The molecule has 122 valence electrons. The normalized spacial score (nSPS) is 12.1. The van der Waals surface area contributed by atoms with Crippen LogP contribution in [0.2, 0.25) is 0 Å². The number of carboxylic acids is 1. The van der Waals surface area contributed by atoms with E-state index in [2.05, 4.69) is 10.2 Å². The number of rotatable bonds is 10. The van der Waals surface area contributed by atoms with Crippen molar-refractivity contribution in [2.75, 3.05) is 6.61 Å². The summed E-state index contributed by atoms with van der Waals surface area (Å²) in [7, 11) is 0. The van der Waals surface area contributed by atoms with E-state index in [1.54, 1.807) is 12.1 Å². The van der Waals surface area contributed by atoms with E-state index in [1.807, 2.05) is 18.2 Å². The Morgan fingerprint density at radius 3 is 2.45 bits per heavy atom. The highest BCUT2D eigenvalue weighted by atomic mass is 17.1. The molecule has 0 saturated carbocycles. The lowest BCUT2D eigenvalue weighted by atomic mass is 10.1. The van der Waals surface area contributed by atoms with Gasteiger partial charge in [-0.15, -0.1) is 0 Å². The van der Waals surface area contributed by atoms with E-state index >= 15 is 0 Å². The van der Waals surface area contributed by atoms with Crippen LogP contribution in [0.1, 0.15) is 24.8 Å². The summed E-state index contributed by atoms with van der Waals surface area (Å²) in [6.45, 7) is 0.0483. The first-order valence-corrected chi connectivity index (χ1v) is 6.86. The second kappa shape index (κ2) is 9.85. The van der Waals surface area contributed by atoms with Crippen LogP contribution >= 0.6 is 0 Å². The van der Waals surface area contributed by atoms with Crippen molar-refractivity contribution in [2.24, 2.45) is 0 Å². The Balaban J connectivity index is 2.33. The minimum Gasteiger partial charge on any atom is -0.480 e. The highest BCUT2D eigenvalue weighted by Gasteiger charge is 2.19. The highest BCUT2D eigenvalue weighted by molar-refractivity contribution is 5.83. The van der Waals surface area contributed by atoms with Gasteiger partial charge in [0.25, 0.3) is 0 Å². The molecule has 0 aliphatic heterocycles. The van der Waals surface area contributed by atoms with Crippen LogP contribution in [0, 0.1) is 0 Å². The van der Waals surface area contributed by atoms with E-state index in [-0.39, 0.29) is 30.7 Å². The third-order valence-corrected chi connectivity index (χ3v) is 2.92. The van der Waals surface area contributed by atoms with Gasteiger partial charge in [0.05, 0.1) is 12.0 Å². The van der Waals surface area contributed by atoms with E-state index < -0.39 is 12.0 Å². The largest absolute Gasteiger partial charge is 0.480 e. The average molecular weight is 312 g/mol. The smallest absolute Gasteiger partial charge is 0.326 e. The Hall–Kier alpha value is -2.00. The SMILES string of the molecule is O=C(CCCCON(O)O)NC(Cc1ccccc1)C(=O)O. The lowest BCUT2D eigenvalue weighted by Gasteiger charge is -2.14. The third kappa shape index (κ3) is 7.70. The van der Waals surface area contributed by atoms with Crippen molar-refractivity contribution >= 4 is 11.9 Å². The van der Waals surface area contributed by atoms with E-state index in [1.165, 1.54) is 0 Å². The van der Waals surface area contributed by atoms with E-state index in [4.69, 9.17) is 15.5 Å². The zero-order chi connectivity index (χ0) is 16.4. The van der Waals surface area contributed by atoms with Crippen LogP contribution in [0.25, 0.3) is 0 Å². The van der Waals surface area contributed by atoms with Crippen molar-refractivity contribution in [1.29, 1.82) is 0 Å². The number of nitrogens with one attached hydrogen (secondary N) is 1. The summed E-state index contributed by atoms with van der Waals surface area (Å²) in [5, 5.41) is 27.9. The molecule has 0 spiro atoms. The Morgan fingerprint density at radius 2 is 1.86 bits per heavy atom. The maximum atomic E-state index is 11.7. The number of amides is 1. The van der Waals surface area contributed by atoms with Gasteiger partial charge in [0.2, 0.25) is 5.91 Å². The lowest BCUT2D eigenvalue weighted by molar-refractivity contribution is -0.492. The van der Waals surface area contributed by atoms with Crippen LogP contribution in [-0.2, 0) is 20.8 Å². The van der Waals surface area contributed by atoms with Crippen LogP contribution in [0.4, 0.5) is 0 Å². The van der Waals surface area contributed by atoms with Crippen molar-refractivity contribution in [3.63, 3.8) is 0 Å². The summed E-state index contributed by atoms with van der Waals surface area (Å²) in [5.74, 6) is -1.45. The average Bonchev–Trinajstić information content (AvgIpc) is 2.47. The summed E-state index contributed by atoms with van der Waals surface area (Å²) in [6, 6.07) is 8.07. The predicted octanol–water partition coefficient (Wildman–Crippen LogP) is 0.981. The van der Waals surface area contributed by atoms with Gasteiger partial charge in [-0.2, -0.15) is 0 Å². The molecule has 1 rings (SSSR count). The second-order valence-corrected chi connectivity index (χ2v) is 4.69. The molecule has 0 heterocycles. The third-order valence-electron chi connectivity index (χ3n) is 2.92. The number of hydrogen-bond acceptors (Lipinski definition) is 6. The van der Waals surface area contributed by atoms with Gasteiger partial charge in [-0.3, -0.25) is 20.0 Å². The molecule has 22 heavy (non-hydrogen) atoms. The summed E-state index contributed by atoms with van der Waals surface area (Å²) < 4.78 is 0. The van der Waals surface area contributed by atoms with Gasteiger partial charge in [0.1, 0.15) is 6.04 Å². The standard InChI is InChI=1S/C14H20N2O6/c17-13(8-4-5-9-22-16(20)21)15-12(14(18)19)10-11-6-2-1-3-7-11/h1-3,6-7,12,20-21H,4-5,8-10H2,(H,15,17)(H,18,19). The molecular formula is C14H20N2O6. The van der Waals surface area contributed by atoms with Gasteiger partial charge in [-0.25, -0.2) is 4.79 Å². The molecule has 0 aromatic heterocycles. The maximum Gasteiger partial charge on any atom is 0.326 e. The van der Waals surface area contributed by atoms with E-state index in [9.17, 15) is 9.59 Å². The molecule has 8 heteroatoms. The summed E-state index contributed by atoms with van der Waals surface area (Å²) in [4.78, 5) is 27.3. The molecule has 1 aromatic rings. The molecule has 0 radical (unpaired) electrons. The fraction of sp³-hybridized carbons (Fsp3) is 0.429. The molecule has 0 aliphatic carbocycles. The molecule has 1 atom stereocenters. The molecule has 1 aromatic carbocycles. The van der Waals surface area contributed by atoms with Crippen LogP contribution in [0.3, 0.4) is 0 Å². The molecule has 0 aliphatic rings. The fourth-order valence-corrected chi connectivity index (χ4v) is 1.85. The van der Waals surface area contributed by atoms with Gasteiger partial charge in [0.15, 0.2) is 0 Å². The second-order valence-electron chi connectivity index (χ2n) is 4.69. The van der Waals surface area contributed by atoms with Crippen molar-refractivity contribution < 1.29 is 29.9 Å². The maximum absolute atomic E-state index is 11.7. The Labute approximate surface area is 127 Å². The number of benzene rings is 1.